The maximum atomic E-state index is 5.47. The first-order chi connectivity index (χ1) is 30.8. The molecule has 0 N–H and O–H groups in total. The molecule has 0 saturated carbocycles. The zero-order valence-electron chi connectivity index (χ0n) is 33.6. The van der Waals surface area contributed by atoms with Gasteiger partial charge in [0.1, 0.15) is 0 Å². The van der Waals surface area contributed by atoms with Gasteiger partial charge < -0.3 is 4.57 Å². The highest BCUT2D eigenvalue weighted by Gasteiger charge is 2.25. The van der Waals surface area contributed by atoms with Gasteiger partial charge >= 0.3 is 0 Å². The van der Waals surface area contributed by atoms with E-state index in [1.165, 1.54) is 10.9 Å². The number of benzene rings is 9. The number of para-hydroxylation sites is 2. The second-order valence-corrected chi connectivity index (χ2v) is 15.6. The van der Waals surface area contributed by atoms with E-state index in [4.69, 9.17) is 15.0 Å². The molecule has 0 fully saturated rings. The summed E-state index contributed by atoms with van der Waals surface area (Å²) in [4.78, 5) is 16.1. The van der Waals surface area contributed by atoms with Crippen LogP contribution in [0, 0.1) is 0 Å². The van der Waals surface area contributed by atoms with Crippen molar-refractivity contribution in [3.05, 3.63) is 224 Å². The minimum absolute atomic E-state index is 0.550. The van der Waals surface area contributed by atoms with Gasteiger partial charge in [-0.2, -0.15) is 9.97 Å². The van der Waals surface area contributed by atoms with Gasteiger partial charge in [0.25, 0.3) is 0 Å². The van der Waals surface area contributed by atoms with Crippen molar-refractivity contribution < 1.29 is 0 Å². The smallest absolute Gasteiger partial charge is 0.238 e. The van der Waals surface area contributed by atoms with Crippen LogP contribution in [-0.4, -0.2) is 24.1 Å². The Balaban J connectivity index is 1.23. The van der Waals surface area contributed by atoms with Crippen molar-refractivity contribution in [2.45, 2.75) is 0 Å². The third-order valence-corrected chi connectivity index (χ3v) is 12.0. The summed E-state index contributed by atoms with van der Waals surface area (Å²) >= 11 is 0. The molecule has 0 unspecified atom stereocenters. The van der Waals surface area contributed by atoms with Crippen LogP contribution < -0.4 is 0 Å². The number of rotatable bonds is 7. The Morgan fingerprint density at radius 2 is 0.726 bits per heavy atom. The molecule has 3 heterocycles. The van der Waals surface area contributed by atoms with Gasteiger partial charge in [-0.1, -0.05) is 206 Å². The van der Waals surface area contributed by atoms with E-state index in [0.29, 0.717) is 17.6 Å². The topological polar surface area (TPSA) is 48.5 Å². The minimum atomic E-state index is 0.550. The lowest BCUT2D eigenvalue weighted by atomic mass is 9.93. The van der Waals surface area contributed by atoms with Gasteiger partial charge in [0.2, 0.25) is 5.95 Å². The molecule has 0 amide bonds. The first-order valence-electron chi connectivity index (χ1n) is 21.0. The Hall–Kier alpha value is -8.41. The molecule has 0 radical (unpaired) electrons. The molecule has 62 heavy (non-hydrogen) atoms. The summed E-state index contributed by atoms with van der Waals surface area (Å²) in [6, 6.07) is 79.2. The molecular weight excluding hydrogens is 755 g/mol. The molecule has 0 saturated heterocycles. The van der Waals surface area contributed by atoms with E-state index < -0.39 is 0 Å². The van der Waals surface area contributed by atoms with Crippen LogP contribution in [0.2, 0.25) is 0 Å². The van der Waals surface area contributed by atoms with Crippen molar-refractivity contribution in [2.75, 3.05) is 0 Å². The van der Waals surface area contributed by atoms with Crippen molar-refractivity contribution in [1.29, 1.82) is 0 Å². The van der Waals surface area contributed by atoms with Crippen LogP contribution in [0.5, 0.6) is 0 Å². The fourth-order valence-electron chi connectivity index (χ4n) is 9.30. The standard InChI is InChI=1S/C57H37N5/c1-5-20-38(21-6-1)42-28-13-14-31-48(42)56-58-55(41-26-11-4-12-27-41)59-57(60-56)62-50-34-18-16-30-45(50)47-37-36-46-44-29-15-17-33-49(44)61(53(46)54(47)62)51-35-19-32-43(39-22-7-2-8-23-39)52(51)40-24-9-3-10-25-40/h1-37H. The zero-order valence-corrected chi connectivity index (χ0v) is 33.6. The predicted octanol–water partition coefficient (Wildman–Crippen LogP) is 14.4. The normalized spacial score (nSPS) is 11.5. The van der Waals surface area contributed by atoms with E-state index in [1.54, 1.807) is 0 Å². The highest BCUT2D eigenvalue weighted by atomic mass is 15.2. The van der Waals surface area contributed by atoms with Crippen molar-refractivity contribution in [1.82, 2.24) is 24.1 Å². The van der Waals surface area contributed by atoms with Gasteiger partial charge in [-0.25, -0.2) is 4.98 Å². The van der Waals surface area contributed by atoms with E-state index in [1.807, 2.05) is 24.3 Å². The van der Waals surface area contributed by atoms with Crippen molar-refractivity contribution in [3.8, 4) is 67.8 Å². The number of aromatic nitrogens is 5. The van der Waals surface area contributed by atoms with Crippen molar-refractivity contribution in [3.63, 3.8) is 0 Å². The van der Waals surface area contributed by atoms with E-state index in [9.17, 15) is 0 Å². The van der Waals surface area contributed by atoms with E-state index >= 15 is 0 Å². The van der Waals surface area contributed by atoms with Gasteiger partial charge in [-0.15, -0.1) is 0 Å². The molecule has 5 heteroatoms. The van der Waals surface area contributed by atoms with Crippen molar-refractivity contribution in [2.24, 2.45) is 0 Å². The molecular formula is C57H37N5. The van der Waals surface area contributed by atoms with E-state index in [2.05, 4.69) is 209 Å². The van der Waals surface area contributed by atoms with E-state index in [0.717, 1.165) is 82.9 Å². The average Bonchev–Trinajstić information content (AvgIpc) is 3.88. The second kappa shape index (κ2) is 14.7. The fourth-order valence-corrected chi connectivity index (χ4v) is 9.30. The molecule has 0 bridgehead atoms. The Labute approximate surface area is 358 Å². The second-order valence-electron chi connectivity index (χ2n) is 15.6. The molecule has 12 rings (SSSR count). The minimum Gasteiger partial charge on any atom is -0.307 e. The monoisotopic (exact) mass is 791 g/mol. The average molecular weight is 792 g/mol. The van der Waals surface area contributed by atoms with Crippen LogP contribution in [0.15, 0.2) is 224 Å². The lowest BCUT2D eigenvalue weighted by Gasteiger charge is -2.19. The molecule has 5 nitrogen and oxygen atoms in total. The van der Waals surface area contributed by atoms with Crippen LogP contribution in [0.1, 0.15) is 0 Å². The number of nitrogens with zero attached hydrogens (tertiary/aromatic N) is 5. The molecule has 9 aromatic carbocycles. The lowest BCUT2D eigenvalue weighted by molar-refractivity contribution is 0.953. The third kappa shape index (κ3) is 5.75. The Bertz CT molecular complexity index is 3610. The Morgan fingerprint density at radius 3 is 1.35 bits per heavy atom. The Morgan fingerprint density at radius 1 is 0.274 bits per heavy atom. The molecule has 0 atom stereocenters. The van der Waals surface area contributed by atoms with Crippen LogP contribution in [0.25, 0.3) is 111 Å². The van der Waals surface area contributed by atoms with Gasteiger partial charge in [-0.3, -0.25) is 4.57 Å². The predicted molar refractivity (Wildman–Crippen MR) is 256 cm³/mol. The third-order valence-electron chi connectivity index (χ3n) is 12.0. The number of hydrogen-bond donors (Lipinski definition) is 0. The van der Waals surface area contributed by atoms with Crippen LogP contribution >= 0.6 is 0 Å². The summed E-state index contributed by atoms with van der Waals surface area (Å²) in [5, 5.41) is 4.55. The number of fused-ring (bicyclic) bond motifs is 7. The SMILES string of the molecule is c1ccc(-c2nc(-c3ccccc3-c3ccccc3)nc(-n3c4ccccc4c4ccc5c6ccccc6n(-c6cccc(-c7ccccc7)c6-c6ccccc6)c5c43)n2)cc1. The molecule has 3 aromatic heterocycles. The van der Waals surface area contributed by atoms with Gasteiger partial charge in [0.05, 0.1) is 27.8 Å². The lowest BCUT2D eigenvalue weighted by Crippen LogP contribution is -2.08. The molecule has 0 aliphatic heterocycles. The maximum absolute atomic E-state index is 5.47. The van der Waals surface area contributed by atoms with Gasteiger partial charge in [0.15, 0.2) is 11.6 Å². The quantitative estimate of drug-likeness (QED) is 0.162. The highest BCUT2D eigenvalue weighted by molar-refractivity contribution is 6.24. The first-order valence-corrected chi connectivity index (χ1v) is 21.0. The Kier molecular flexibility index (Phi) is 8.42. The first kappa shape index (κ1) is 35.5. The van der Waals surface area contributed by atoms with Gasteiger partial charge in [-0.05, 0) is 46.0 Å². The maximum Gasteiger partial charge on any atom is 0.238 e. The molecule has 0 aliphatic rings. The summed E-state index contributed by atoms with van der Waals surface area (Å²) < 4.78 is 4.75. The molecule has 0 spiro atoms. The highest BCUT2D eigenvalue weighted by Crippen LogP contribution is 2.45. The largest absolute Gasteiger partial charge is 0.307 e. The molecule has 0 aliphatic carbocycles. The summed E-state index contributed by atoms with van der Waals surface area (Å²) in [5.41, 5.74) is 14.0. The zero-order chi connectivity index (χ0) is 41.0. The summed E-state index contributed by atoms with van der Waals surface area (Å²) in [5.74, 6) is 1.76. The summed E-state index contributed by atoms with van der Waals surface area (Å²) in [7, 11) is 0. The van der Waals surface area contributed by atoms with Gasteiger partial charge in [0, 0.05) is 38.2 Å². The van der Waals surface area contributed by atoms with E-state index in [-0.39, 0.29) is 0 Å². The molecule has 12 aromatic rings. The summed E-state index contributed by atoms with van der Waals surface area (Å²) in [6.45, 7) is 0. The number of hydrogen-bond acceptors (Lipinski definition) is 3. The van der Waals surface area contributed by atoms with Crippen molar-refractivity contribution >= 4 is 43.6 Å². The van der Waals surface area contributed by atoms with Crippen LogP contribution in [0.3, 0.4) is 0 Å². The molecule has 290 valence electrons. The fraction of sp³-hybridized carbons (Fsp3) is 0. The van der Waals surface area contributed by atoms with Crippen LogP contribution in [0.4, 0.5) is 0 Å². The van der Waals surface area contributed by atoms with Crippen LogP contribution in [-0.2, 0) is 0 Å². The summed E-state index contributed by atoms with van der Waals surface area (Å²) in [6.07, 6.45) is 0.